The number of aryl methyl sites for hydroxylation is 1. The van der Waals surface area contributed by atoms with Crippen molar-refractivity contribution >= 4 is 12.2 Å². The first-order valence-corrected chi connectivity index (χ1v) is 8.86. The summed E-state index contributed by atoms with van der Waals surface area (Å²) < 4.78 is 4.30. The van der Waals surface area contributed by atoms with Crippen LogP contribution in [0, 0.1) is 18.6 Å². The van der Waals surface area contributed by atoms with Gasteiger partial charge in [-0.2, -0.15) is 4.68 Å². The third-order valence-corrected chi connectivity index (χ3v) is 5.36. The molecule has 2 heterocycles. The number of hydrogen-bond donors (Lipinski definition) is 0. The highest BCUT2D eigenvalue weighted by molar-refractivity contribution is 7.71. The smallest absolute Gasteiger partial charge is 0.221 e. The lowest BCUT2D eigenvalue weighted by molar-refractivity contribution is 0.0996. The van der Waals surface area contributed by atoms with E-state index in [2.05, 4.69) is 42.2 Å². The molecule has 1 aromatic heterocycles. The van der Waals surface area contributed by atoms with Crippen molar-refractivity contribution in [2.24, 2.45) is 0 Å². The summed E-state index contributed by atoms with van der Waals surface area (Å²) in [4.78, 5) is 2.49. The molecule has 0 unspecified atom stereocenters. The molecular formula is C17H25N5S. The topological polar surface area (TPSA) is 38.9 Å². The predicted octanol–water partition coefficient (Wildman–Crippen LogP) is 3.64. The van der Waals surface area contributed by atoms with E-state index in [0.717, 1.165) is 18.9 Å². The van der Waals surface area contributed by atoms with Crippen LogP contribution in [0.4, 0.5) is 0 Å². The van der Waals surface area contributed by atoms with Gasteiger partial charge in [-0.3, -0.25) is 4.90 Å². The zero-order chi connectivity index (χ0) is 16.4. The molecule has 2 aromatic rings. The Kier molecular flexibility index (Phi) is 4.92. The van der Waals surface area contributed by atoms with Crippen molar-refractivity contribution < 1.29 is 0 Å². The highest BCUT2D eigenvalue weighted by atomic mass is 32.1. The molecule has 1 saturated heterocycles. The number of tetrazole rings is 1. The van der Waals surface area contributed by atoms with Gasteiger partial charge in [-0.1, -0.05) is 25.5 Å². The Hall–Kier alpha value is -1.53. The Balaban J connectivity index is 1.88. The van der Waals surface area contributed by atoms with Crippen molar-refractivity contribution in [1.29, 1.82) is 0 Å². The second-order valence-electron chi connectivity index (χ2n) is 6.40. The Morgan fingerprint density at radius 1 is 1.22 bits per heavy atom. The average Bonchev–Trinajstić information content (AvgIpc) is 2.91. The van der Waals surface area contributed by atoms with E-state index in [1.165, 1.54) is 36.8 Å². The SMILES string of the molecule is CC[C@@H]1CCCCN1Cn1nnn(-c2cccc(C)c2C)c1=S. The minimum Gasteiger partial charge on any atom is -0.281 e. The molecule has 0 radical (unpaired) electrons. The van der Waals surface area contributed by atoms with Crippen LogP contribution < -0.4 is 0 Å². The molecule has 0 N–H and O–H groups in total. The van der Waals surface area contributed by atoms with Crippen LogP contribution in [0.3, 0.4) is 0 Å². The monoisotopic (exact) mass is 331 g/mol. The Labute approximate surface area is 142 Å². The molecule has 0 saturated carbocycles. The maximum absolute atomic E-state index is 5.63. The molecule has 1 aliphatic rings. The number of rotatable bonds is 4. The van der Waals surface area contributed by atoms with Crippen molar-refractivity contribution in [2.75, 3.05) is 6.54 Å². The van der Waals surface area contributed by atoms with Gasteiger partial charge in [-0.15, -0.1) is 0 Å². The fourth-order valence-electron chi connectivity index (χ4n) is 3.36. The molecule has 0 bridgehead atoms. The minimum absolute atomic E-state index is 0.636. The highest BCUT2D eigenvalue weighted by Gasteiger charge is 2.22. The summed E-state index contributed by atoms with van der Waals surface area (Å²) in [5, 5.41) is 8.61. The first kappa shape index (κ1) is 16.3. The number of piperidine rings is 1. The summed E-state index contributed by atoms with van der Waals surface area (Å²) in [6.45, 7) is 8.32. The van der Waals surface area contributed by atoms with E-state index < -0.39 is 0 Å². The summed E-state index contributed by atoms with van der Waals surface area (Å²) >= 11 is 5.63. The summed E-state index contributed by atoms with van der Waals surface area (Å²) in [5.74, 6) is 0. The van der Waals surface area contributed by atoms with Crippen molar-refractivity contribution in [1.82, 2.24) is 24.7 Å². The van der Waals surface area contributed by atoms with Gasteiger partial charge in [-0.25, -0.2) is 4.68 Å². The van der Waals surface area contributed by atoms with Gasteiger partial charge in [0.2, 0.25) is 4.77 Å². The van der Waals surface area contributed by atoms with Gasteiger partial charge in [-0.05, 0) is 72.9 Å². The van der Waals surface area contributed by atoms with Crippen molar-refractivity contribution in [3.05, 3.63) is 34.1 Å². The second-order valence-corrected chi connectivity index (χ2v) is 6.77. The van der Waals surface area contributed by atoms with Crippen LogP contribution in [0.15, 0.2) is 18.2 Å². The van der Waals surface area contributed by atoms with Gasteiger partial charge in [0.05, 0.1) is 12.4 Å². The Morgan fingerprint density at radius 3 is 2.83 bits per heavy atom. The average molecular weight is 331 g/mol. The predicted molar refractivity (Wildman–Crippen MR) is 94.3 cm³/mol. The van der Waals surface area contributed by atoms with Crippen LogP contribution in [0.5, 0.6) is 0 Å². The normalized spacial score (nSPS) is 19.2. The van der Waals surface area contributed by atoms with Gasteiger partial charge in [0.1, 0.15) is 0 Å². The second kappa shape index (κ2) is 6.93. The molecule has 1 aliphatic heterocycles. The molecule has 0 spiro atoms. The number of hydrogen-bond acceptors (Lipinski definition) is 4. The lowest BCUT2D eigenvalue weighted by Gasteiger charge is -2.34. The van der Waals surface area contributed by atoms with E-state index in [1.807, 2.05) is 16.8 Å². The molecule has 124 valence electrons. The van der Waals surface area contributed by atoms with Crippen LogP contribution in [0.1, 0.15) is 43.7 Å². The van der Waals surface area contributed by atoms with Crippen molar-refractivity contribution in [3.63, 3.8) is 0 Å². The van der Waals surface area contributed by atoms with E-state index >= 15 is 0 Å². The first-order valence-electron chi connectivity index (χ1n) is 8.45. The van der Waals surface area contributed by atoms with Gasteiger partial charge in [0.25, 0.3) is 0 Å². The molecule has 5 nitrogen and oxygen atoms in total. The summed E-state index contributed by atoms with van der Waals surface area (Å²) in [7, 11) is 0. The van der Waals surface area contributed by atoms with E-state index in [0.29, 0.717) is 10.8 Å². The number of benzene rings is 1. The molecule has 1 atom stereocenters. The zero-order valence-corrected chi connectivity index (χ0v) is 15.0. The number of likely N-dealkylation sites (tertiary alicyclic amines) is 1. The Bertz CT molecular complexity index is 733. The molecule has 0 aliphatic carbocycles. The molecule has 3 rings (SSSR count). The maximum Gasteiger partial charge on any atom is 0.221 e. The third kappa shape index (κ3) is 3.23. The number of aromatic nitrogens is 4. The fourth-order valence-corrected chi connectivity index (χ4v) is 3.59. The fraction of sp³-hybridized carbons (Fsp3) is 0.588. The van der Waals surface area contributed by atoms with Crippen molar-refractivity contribution in [2.45, 2.75) is 59.2 Å². The molecule has 6 heteroatoms. The van der Waals surface area contributed by atoms with E-state index in [9.17, 15) is 0 Å². The summed E-state index contributed by atoms with van der Waals surface area (Å²) in [5.41, 5.74) is 3.45. The lowest BCUT2D eigenvalue weighted by atomic mass is 10.0. The Morgan fingerprint density at radius 2 is 2.04 bits per heavy atom. The minimum atomic E-state index is 0.636. The van der Waals surface area contributed by atoms with Gasteiger partial charge < -0.3 is 0 Å². The molecule has 23 heavy (non-hydrogen) atoms. The van der Waals surface area contributed by atoms with Crippen LogP contribution in [0.2, 0.25) is 0 Å². The van der Waals surface area contributed by atoms with E-state index in [1.54, 1.807) is 4.68 Å². The molecule has 0 amide bonds. The van der Waals surface area contributed by atoms with Crippen LogP contribution in [-0.2, 0) is 6.67 Å². The van der Waals surface area contributed by atoms with E-state index in [-0.39, 0.29) is 0 Å². The highest BCUT2D eigenvalue weighted by Crippen LogP contribution is 2.21. The zero-order valence-electron chi connectivity index (χ0n) is 14.2. The number of nitrogens with zero attached hydrogens (tertiary/aromatic N) is 5. The molecular weight excluding hydrogens is 306 g/mol. The van der Waals surface area contributed by atoms with Gasteiger partial charge in [0, 0.05) is 12.6 Å². The maximum atomic E-state index is 5.63. The van der Waals surface area contributed by atoms with Crippen LogP contribution in [0.25, 0.3) is 5.69 Å². The van der Waals surface area contributed by atoms with Crippen molar-refractivity contribution in [3.8, 4) is 5.69 Å². The molecule has 1 aromatic carbocycles. The van der Waals surface area contributed by atoms with Crippen LogP contribution >= 0.6 is 12.2 Å². The standard InChI is InChI=1S/C17H25N5S/c1-4-15-9-5-6-11-20(15)12-21-17(23)22(19-18-21)16-10-7-8-13(2)14(16)3/h7-8,10,15H,4-6,9,11-12H2,1-3H3/t15-/m1/s1. The third-order valence-electron chi connectivity index (χ3n) is 4.98. The largest absolute Gasteiger partial charge is 0.281 e. The first-order chi connectivity index (χ1) is 11.1. The van der Waals surface area contributed by atoms with E-state index in [4.69, 9.17) is 12.2 Å². The van der Waals surface area contributed by atoms with Gasteiger partial charge >= 0.3 is 0 Å². The van der Waals surface area contributed by atoms with Crippen LogP contribution in [-0.4, -0.2) is 37.3 Å². The molecule has 1 fully saturated rings. The quantitative estimate of drug-likeness (QED) is 0.802. The summed E-state index contributed by atoms with van der Waals surface area (Å²) in [6, 6.07) is 6.83. The van der Waals surface area contributed by atoms with Gasteiger partial charge in [0.15, 0.2) is 0 Å². The lowest BCUT2D eigenvalue weighted by Crippen LogP contribution is -2.40. The summed E-state index contributed by atoms with van der Waals surface area (Å²) in [6.07, 6.45) is 5.04.